The molecule has 0 bridgehead atoms. The molecule has 0 radical (unpaired) electrons. The first-order valence-corrected chi connectivity index (χ1v) is 11.2. The molecular weight excluding hydrogens is 458 g/mol. The van der Waals surface area contributed by atoms with Crippen molar-refractivity contribution in [1.82, 2.24) is 20.9 Å². The first kappa shape index (κ1) is 27.3. The third-order valence-electron chi connectivity index (χ3n) is 5.72. The van der Waals surface area contributed by atoms with E-state index in [0.29, 0.717) is 12.0 Å². The highest BCUT2D eigenvalue weighted by atomic mass is 16.4. The van der Waals surface area contributed by atoms with Crippen molar-refractivity contribution in [3.63, 3.8) is 0 Å². The number of hydrogen-bond donors (Lipinski definition) is 7. The Hall–Kier alpha value is -3.93. The van der Waals surface area contributed by atoms with Crippen molar-refractivity contribution in [3.05, 3.63) is 36.0 Å². The van der Waals surface area contributed by atoms with Gasteiger partial charge in [0.15, 0.2) is 0 Å². The van der Waals surface area contributed by atoms with Crippen molar-refractivity contribution in [3.8, 4) is 0 Å². The van der Waals surface area contributed by atoms with Crippen molar-refractivity contribution in [2.75, 3.05) is 6.54 Å². The second kappa shape index (κ2) is 12.5. The Kier molecular flexibility index (Phi) is 9.76. The van der Waals surface area contributed by atoms with Crippen LogP contribution in [0.15, 0.2) is 30.5 Å². The number of fused-ring (bicyclic) bond motifs is 1. The quantitative estimate of drug-likeness (QED) is 0.199. The molecule has 0 aliphatic rings. The molecule has 0 fully saturated rings. The number of hydrogen-bond acceptors (Lipinski definition) is 6. The van der Waals surface area contributed by atoms with E-state index in [1.54, 1.807) is 32.2 Å². The van der Waals surface area contributed by atoms with Gasteiger partial charge in [-0.05, 0) is 17.5 Å². The normalized spacial score (nSPS) is 14.4. The lowest BCUT2D eigenvalue weighted by molar-refractivity contribution is -0.143. The minimum Gasteiger partial charge on any atom is -0.481 e. The van der Waals surface area contributed by atoms with Gasteiger partial charge in [0, 0.05) is 23.5 Å². The molecule has 1 aromatic heterocycles. The maximum Gasteiger partial charge on any atom is 0.326 e. The van der Waals surface area contributed by atoms with Crippen molar-refractivity contribution in [2.24, 2.45) is 11.7 Å². The molecule has 2 aromatic rings. The zero-order chi connectivity index (χ0) is 26.1. The van der Waals surface area contributed by atoms with Gasteiger partial charge in [0.1, 0.15) is 18.1 Å². The van der Waals surface area contributed by atoms with Gasteiger partial charge in [0.25, 0.3) is 0 Å². The van der Waals surface area contributed by atoms with Crippen LogP contribution in [-0.2, 0) is 30.4 Å². The number of H-pyrrole nitrogens is 1. The van der Waals surface area contributed by atoms with E-state index in [4.69, 9.17) is 5.73 Å². The number of carboxylic acid groups (broad SMARTS) is 2. The smallest absolute Gasteiger partial charge is 0.326 e. The number of amides is 3. The topological polar surface area (TPSA) is 204 Å². The van der Waals surface area contributed by atoms with Gasteiger partial charge in [0.2, 0.25) is 17.7 Å². The second-order valence-corrected chi connectivity index (χ2v) is 8.26. The van der Waals surface area contributed by atoms with Crippen molar-refractivity contribution >= 4 is 40.6 Å². The van der Waals surface area contributed by atoms with Crippen LogP contribution in [0.1, 0.15) is 32.3 Å². The Morgan fingerprint density at radius 1 is 1.00 bits per heavy atom. The Morgan fingerprint density at radius 3 is 2.26 bits per heavy atom. The highest BCUT2D eigenvalue weighted by Gasteiger charge is 2.32. The molecule has 0 spiro atoms. The zero-order valence-corrected chi connectivity index (χ0v) is 19.5. The van der Waals surface area contributed by atoms with E-state index in [2.05, 4.69) is 20.9 Å². The first-order valence-electron chi connectivity index (χ1n) is 11.2. The van der Waals surface area contributed by atoms with Crippen molar-refractivity contribution in [2.45, 2.75) is 51.2 Å². The number of benzene rings is 1. The standard InChI is InChI=1S/C23H31N5O7/c1-3-12(2)20(28-18(29)10-24)22(33)26-16(9-19(30)31)21(32)27-17(23(34)35)8-13-11-25-15-7-5-4-6-14(13)15/h4-7,11-12,16-17,20,25H,3,8-10,24H2,1-2H3,(H,26,33)(H,27,32)(H,28,29)(H,30,31)(H,34,35). The Labute approximate surface area is 201 Å². The molecule has 3 amide bonds. The van der Waals surface area contributed by atoms with Crippen LogP contribution in [-0.4, -0.2) is 69.5 Å². The molecule has 4 atom stereocenters. The number of nitrogens with one attached hydrogen (secondary N) is 4. The summed E-state index contributed by atoms with van der Waals surface area (Å²) in [5.74, 6) is -5.37. The maximum absolute atomic E-state index is 12.9. The summed E-state index contributed by atoms with van der Waals surface area (Å²) < 4.78 is 0. The largest absolute Gasteiger partial charge is 0.481 e. The highest BCUT2D eigenvalue weighted by molar-refractivity contribution is 5.95. The van der Waals surface area contributed by atoms with E-state index >= 15 is 0 Å². The van der Waals surface area contributed by atoms with E-state index in [1.807, 2.05) is 12.1 Å². The summed E-state index contributed by atoms with van der Waals surface area (Å²) in [4.78, 5) is 63.8. The molecule has 0 aliphatic heterocycles. The fourth-order valence-corrected chi connectivity index (χ4v) is 3.57. The van der Waals surface area contributed by atoms with E-state index in [9.17, 15) is 34.2 Å². The number of aliphatic carboxylic acids is 2. The van der Waals surface area contributed by atoms with E-state index in [1.165, 1.54) is 0 Å². The third-order valence-corrected chi connectivity index (χ3v) is 5.72. The van der Waals surface area contributed by atoms with E-state index in [-0.39, 0.29) is 18.9 Å². The summed E-state index contributed by atoms with van der Waals surface area (Å²) in [6.45, 7) is 3.14. The molecule has 12 heteroatoms. The van der Waals surface area contributed by atoms with Crippen molar-refractivity contribution < 1.29 is 34.2 Å². The van der Waals surface area contributed by atoms with Gasteiger partial charge in [0.05, 0.1) is 13.0 Å². The van der Waals surface area contributed by atoms with Crippen LogP contribution in [0.25, 0.3) is 10.9 Å². The lowest BCUT2D eigenvalue weighted by atomic mass is 9.97. The number of aromatic nitrogens is 1. The minimum absolute atomic E-state index is 0.0686. The number of carboxylic acids is 2. The minimum atomic E-state index is -1.56. The molecule has 12 nitrogen and oxygen atoms in total. The summed E-state index contributed by atoms with van der Waals surface area (Å²) in [7, 11) is 0. The predicted octanol–water partition coefficient (Wildman–Crippen LogP) is -0.271. The van der Waals surface area contributed by atoms with Crippen LogP contribution in [0, 0.1) is 5.92 Å². The fourth-order valence-electron chi connectivity index (χ4n) is 3.57. The Bertz CT molecular complexity index is 1080. The molecule has 0 aliphatic carbocycles. The van der Waals surface area contributed by atoms with Crippen LogP contribution < -0.4 is 21.7 Å². The van der Waals surface area contributed by atoms with Crippen molar-refractivity contribution in [1.29, 1.82) is 0 Å². The number of nitrogens with two attached hydrogens (primary N) is 1. The van der Waals surface area contributed by atoms with Gasteiger partial charge in [-0.3, -0.25) is 19.2 Å². The fraction of sp³-hybridized carbons (Fsp3) is 0.435. The average molecular weight is 490 g/mol. The molecule has 1 aromatic carbocycles. The summed E-state index contributed by atoms with van der Waals surface area (Å²) in [5.41, 5.74) is 6.75. The summed E-state index contributed by atoms with van der Waals surface area (Å²) in [5, 5.41) is 26.8. The molecule has 0 saturated heterocycles. The molecule has 4 unspecified atom stereocenters. The summed E-state index contributed by atoms with van der Waals surface area (Å²) in [6.07, 6.45) is 1.29. The van der Waals surface area contributed by atoms with Gasteiger partial charge >= 0.3 is 11.9 Å². The first-order chi connectivity index (χ1) is 16.6. The Balaban J connectivity index is 2.20. The summed E-state index contributed by atoms with van der Waals surface area (Å²) in [6, 6.07) is 3.25. The SMILES string of the molecule is CCC(C)C(NC(=O)CN)C(=O)NC(CC(=O)O)C(=O)NC(Cc1c[nH]c2ccccc12)C(=O)O. The molecule has 8 N–H and O–H groups in total. The predicted molar refractivity (Wildman–Crippen MR) is 126 cm³/mol. The van der Waals surface area contributed by atoms with Crippen LogP contribution >= 0.6 is 0 Å². The molecular formula is C23H31N5O7. The molecule has 2 rings (SSSR count). The van der Waals surface area contributed by atoms with E-state index < -0.39 is 54.2 Å². The van der Waals surface area contributed by atoms with Crippen LogP contribution in [0.2, 0.25) is 0 Å². The van der Waals surface area contributed by atoms with Gasteiger partial charge in [-0.15, -0.1) is 0 Å². The molecule has 1 heterocycles. The lowest BCUT2D eigenvalue weighted by Gasteiger charge is -2.26. The van der Waals surface area contributed by atoms with Gasteiger partial charge in [-0.25, -0.2) is 4.79 Å². The molecule has 0 saturated carbocycles. The van der Waals surface area contributed by atoms with E-state index in [0.717, 1.165) is 10.9 Å². The number of carbonyl (C=O) groups is 5. The van der Waals surface area contributed by atoms with Gasteiger partial charge in [-0.1, -0.05) is 38.5 Å². The van der Waals surface area contributed by atoms with Crippen LogP contribution in [0.4, 0.5) is 0 Å². The zero-order valence-electron chi connectivity index (χ0n) is 19.5. The lowest BCUT2D eigenvalue weighted by Crippen LogP contribution is -2.58. The molecule has 35 heavy (non-hydrogen) atoms. The van der Waals surface area contributed by atoms with Gasteiger partial charge < -0.3 is 36.9 Å². The average Bonchev–Trinajstić information content (AvgIpc) is 3.23. The second-order valence-electron chi connectivity index (χ2n) is 8.26. The van der Waals surface area contributed by atoms with Gasteiger partial charge in [-0.2, -0.15) is 0 Å². The highest BCUT2D eigenvalue weighted by Crippen LogP contribution is 2.19. The van der Waals surface area contributed by atoms with Crippen LogP contribution in [0.5, 0.6) is 0 Å². The number of rotatable bonds is 13. The number of aromatic amines is 1. The third kappa shape index (κ3) is 7.54. The van der Waals surface area contributed by atoms with Crippen LogP contribution in [0.3, 0.4) is 0 Å². The maximum atomic E-state index is 12.9. The monoisotopic (exact) mass is 489 g/mol. The molecule has 190 valence electrons. The Morgan fingerprint density at radius 2 is 1.66 bits per heavy atom. The number of para-hydroxylation sites is 1. The summed E-state index contributed by atoms with van der Waals surface area (Å²) >= 11 is 0. The number of carbonyl (C=O) groups excluding carboxylic acids is 3.